The maximum absolute atomic E-state index is 4.61. The van der Waals surface area contributed by atoms with Crippen LogP contribution >= 0.6 is 0 Å². The first kappa shape index (κ1) is 9.59. The van der Waals surface area contributed by atoms with Crippen molar-refractivity contribution in [3.63, 3.8) is 0 Å². The molecule has 0 aromatic carbocycles. The van der Waals surface area contributed by atoms with Crippen LogP contribution < -0.4 is 5.32 Å². The van der Waals surface area contributed by atoms with E-state index in [-0.39, 0.29) is 5.41 Å². The fourth-order valence-electron chi connectivity index (χ4n) is 1.60. The Morgan fingerprint density at radius 1 is 1.36 bits per heavy atom. The maximum Gasteiger partial charge on any atom is 0.133 e. The van der Waals surface area contributed by atoms with Crippen LogP contribution in [0.25, 0.3) is 0 Å². The highest BCUT2D eigenvalue weighted by molar-refractivity contribution is 5.21. The number of nitrogens with one attached hydrogen (secondary N) is 1. The molecule has 0 saturated heterocycles. The van der Waals surface area contributed by atoms with Gasteiger partial charge in [0.25, 0.3) is 0 Å². The van der Waals surface area contributed by atoms with Crippen LogP contribution in [0.5, 0.6) is 0 Å². The normalized spacial score (nSPS) is 16.5. The smallest absolute Gasteiger partial charge is 0.133 e. The van der Waals surface area contributed by atoms with Crippen LogP contribution in [0, 0.1) is 0 Å². The summed E-state index contributed by atoms with van der Waals surface area (Å²) in [6.07, 6.45) is 3.05. The first-order chi connectivity index (χ1) is 6.57. The van der Waals surface area contributed by atoms with Gasteiger partial charge in [0.05, 0.1) is 5.69 Å². The Hall–Kier alpha value is -0.960. The Morgan fingerprint density at radius 2 is 2.14 bits per heavy atom. The molecule has 3 nitrogen and oxygen atoms in total. The van der Waals surface area contributed by atoms with Crippen molar-refractivity contribution in [3.8, 4) is 0 Å². The molecule has 0 spiro atoms. The molecule has 1 aromatic rings. The number of aromatic nitrogens is 2. The minimum absolute atomic E-state index is 0.0481. The van der Waals surface area contributed by atoms with Crippen molar-refractivity contribution >= 4 is 0 Å². The van der Waals surface area contributed by atoms with Crippen molar-refractivity contribution in [1.82, 2.24) is 15.3 Å². The summed E-state index contributed by atoms with van der Waals surface area (Å²) in [5.74, 6) is 0.944. The van der Waals surface area contributed by atoms with Crippen molar-refractivity contribution in [1.29, 1.82) is 0 Å². The number of fused-ring (bicyclic) bond motifs is 1. The molecular weight excluding hydrogens is 174 g/mol. The molecule has 0 saturated carbocycles. The second-order valence-corrected chi connectivity index (χ2v) is 4.84. The Bertz CT molecular complexity index is 339. The van der Waals surface area contributed by atoms with Crippen LogP contribution in [-0.4, -0.2) is 16.5 Å². The number of nitrogens with zero attached hydrogens (tertiary/aromatic N) is 2. The van der Waals surface area contributed by atoms with Gasteiger partial charge in [0.15, 0.2) is 0 Å². The molecule has 0 radical (unpaired) electrons. The highest BCUT2D eigenvalue weighted by Crippen LogP contribution is 2.20. The maximum atomic E-state index is 4.61. The third-order valence-corrected chi connectivity index (χ3v) is 2.49. The summed E-state index contributed by atoms with van der Waals surface area (Å²) in [7, 11) is 0. The summed E-state index contributed by atoms with van der Waals surface area (Å²) in [6.45, 7) is 8.37. The first-order valence-electron chi connectivity index (χ1n) is 5.13. The van der Waals surface area contributed by atoms with Crippen molar-refractivity contribution in [3.05, 3.63) is 23.3 Å². The number of rotatable bonds is 0. The van der Waals surface area contributed by atoms with E-state index in [1.54, 1.807) is 0 Å². The molecule has 0 unspecified atom stereocenters. The van der Waals surface area contributed by atoms with Gasteiger partial charge in [-0.15, -0.1) is 0 Å². The zero-order valence-corrected chi connectivity index (χ0v) is 9.09. The van der Waals surface area contributed by atoms with Gasteiger partial charge in [-0.25, -0.2) is 9.97 Å². The summed E-state index contributed by atoms with van der Waals surface area (Å²) in [5, 5.41) is 3.33. The van der Waals surface area contributed by atoms with Gasteiger partial charge >= 0.3 is 0 Å². The quantitative estimate of drug-likeness (QED) is 0.674. The lowest BCUT2D eigenvalue weighted by molar-refractivity contribution is 0.528. The largest absolute Gasteiger partial charge is 0.311 e. The second kappa shape index (κ2) is 3.31. The monoisotopic (exact) mass is 191 g/mol. The topological polar surface area (TPSA) is 37.8 Å². The number of hydrogen-bond donors (Lipinski definition) is 1. The SMILES string of the molecule is CC(C)(C)c1ncc2c(n1)CNCC2. The van der Waals surface area contributed by atoms with E-state index in [0.29, 0.717) is 0 Å². The molecular formula is C11H17N3. The minimum atomic E-state index is 0.0481. The van der Waals surface area contributed by atoms with Crippen molar-refractivity contribution in [2.45, 2.75) is 39.2 Å². The molecule has 0 atom stereocenters. The minimum Gasteiger partial charge on any atom is -0.311 e. The third kappa shape index (κ3) is 1.77. The predicted molar refractivity (Wildman–Crippen MR) is 56.1 cm³/mol. The highest BCUT2D eigenvalue weighted by Gasteiger charge is 2.19. The molecule has 14 heavy (non-hydrogen) atoms. The van der Waals surface area contributed by atoms with E-state index in [2.05, 4.69) is 36.1 Å². The Balaban J connectivity index is 2.39. The Labute approximate surface area is 85.0 Å². The molecule has 2 rings (SSSR count). The summed E-state index contributed by atoms with van der Waals surface area (Å²) in [5.41, 5.74) is 2.53. The average molecular weight is 191 g/mol. The van der Waals surface area contributed by atoms with Gasteiger partial charge in [0.1, 0.15) is 5.82 Å². The summed E-state index contributed by atoms with van der Waals surface area (Å²) < 4.78 is 0. The lowest BCUT2D eigenvalue weighted by Gasteiger charge is -2.21. The van der Waals surface area contributed by atoms with Gasteiger partial charge in [-0.3, -0.25) is 0 Å². The predicted octanol–water partition coefficient (Wildman–Crippen LogP) is 1.42. The standard InChI is InChI=1S/C11H17N3/c1-11(2,3)10-13-6-8-4-5-12-7-9(8)14-10/h6,12H,4-5,7H2,1-3H3. The molecule has 0 amide bonds. The van der Waals surface area contributed by atoms with E-state index in [4.69, 9.17) is 0 Å². The summed E-state index contributed by atoms with van der Waals surface area (Å²) in [6, 6.07) is 0. The summed E-state index contributed by atoms with van der Waals surface area (Å²) in [4.78, 5) is 9.04. The van der Waals surface area contributed by atoms with E-state index < -0.39 is 0 Å². The molecule has 2 heterocycles. The molecule has 76 valence electrons. The van der Waals surface area contributed by atoms with Crippen LogP contribution in [0.15, 0.2) is 6.20 Å². The lowest BCUT2D eigenvalue weighted by Crippen LogP contribution is -2.27. The van der Waals surface area contributed by atoms with E-state index in [9.17, 15) is 0 Å². The molecule has 1 aliphatic rings. The zero-order chi connectivity index (χ0) is 10.2. The molecule has 0 aliphatic carbocycles. The number of hydrogen-bond acceptors (Lipinski definition) is 3. The fraction of sp³-hybridized carbons (Fsp3) is 0.636. The van der Waals surface area contributed by atoms with Gasteiger partial charge in [-0.05, 0) is 18.5 Å². The molecule has 1 N–H and O–H groups in total. The highest BCUT2D eigenvalue weighted by atomic mass is 15.0. The van der Waals surface area contributed by atoms with Crippen LogP contribution in [0.4, 0.5) is 0 Å². The van der Waals surface area contributed by atoms with E-state index in [1.165, 1.54) is 11.3 Å². The van der Waals surface area contributed by atoms with Crippen molar-refractivity contribution < 1.29 is 0 Å². The van der Waals surface area contributed by atoms with Gasteiger partial charge < -0.3 is 5.32 Å². The lowest BCUT2D eigenvalue weighted by atomic mass is 9.95. The Kier molecular flexibility index (Phi) is 2.27. The van der Waals surface area contributed by atoms with Gasteiger partial charge in [-0.2, -0.15) is 0 Å². The van der Waals surface area contributed by atoms with Crippen LogP contribution in [0.3, 0.4) is 0 Å². The molecule has 1 aromatic heterocycles. The van der Waals surface area contributed by atoms with Crippen LogP contribution in [-0.2, 0) is 18.4 Å². The van der Waals surface area contributed by atoms with E-state index in [1.807, 2.05) is 6.20 Å². The third-order valence-electron chi connectivity index (χ3n) is 2.49. The van der Waals surface area contributed by atoms with Gasteiger partial charge in [0, 0.05) is 18.2 Å². The van der Waals surface area contributed by atoms with Gasteiger partial charge in [-0.1, -0.05) is 20.8 Å². The van der Waals surface area contributed by atoms with Crippen molar-refractivity contribution in [2.75, 3.05) is 6.54 Å². The van der Waals surface area contributed by atoms with Crippen LogP contribution in [0.1, 0.15) is 37.9 Å². The van der Waals surface area contributed by atoms with E-state index in [0.717, 1.165) is 25.3 Å². The molecule has 0 bridgehead atoms. The average Bonchev–Trinajstić information content (AvgIpc) is 2.16. The Morgan fingerprint density at radius 3 is 2.86 bits per heavy atom. The van der Waals surface area contributed by atoms with E-state index >= 15 is 0 Å². The molecule has 3 heteroatoms. The van der Waals surface area contributed by atoms with Crippen LogP contribution in [0.2, 0.25) is 0 Å². The second-order valence-electron chi connectivity index (χ2n) is 4.84. The molecule has 0 fully saturated rings. The fourth-order valence-corrected chi connectivity index (χ4v) is 1.60. The molecule has 1 aliphatic heterocycles. The first-order valence-corrected chi connectivity index (χ1v) is 5.13. The zero-order valence-electron chi connectivity index (χ0n) is 9.09. The summed E-state index contributed by atoms with van der Waals surface area (Å²) >= 11 is 0. The van der Waals surface area contributed by atoms with Crippen molar-refractivity contribution in [2.24, 2.45) is 0 Å². The van der Waals surface area contributed by atoms with Gasteiger partial charge in [0.2, 0.25) is 0 Å².